The van der Waals surface area contributed by atoms with Gasteiger partial charge in [-0.2, -0.15) is 15.8 Å². The number of esters is 1. The van der Waals surface area contributed by atoms with Crippen molar-refractivity contribution in [1.82, 2.24) is 5.32 Å². The number of carbonyl (C=O) groups excluding carboxylic acids is 2. The van der Waals surface area contributed by atoms with E-state index < -0.39 is 6.10 Å². The largest absolute Gasteiger partial charge is 0.494 e. The summed E-state index contributed by atoms with van der Waals surface area (Å²) in [6.45, 7) is 2.07. The molecule has 1 N–H and O–H groups in total. The Bertz CT molecular complexity index is 2570. The van der Waals surface area contributed by atoms with Crippen LogP contribution in [0.1, 0.15) is 87.3 Å². The zero-order chi connectivity index (χ0) is 46.9. The van der Waals surface area contributed by atoms with E-state index in [9.17, 15) is 9.59 Å². The lowest BCUT2D eigenvalue weighted by Crippen LogP contribution is -2.38. The first kappa shape index (κ1) is 48.6. The van der Waals surface area contributed by atoms with Crippen LogP contribution in [0.5, 0.6) is 17.2 Å². The van der Waals surface area contributed by atoms with Gasteiger partial charge in [-0.1, -0.05) is 72.8 Å². The lowest BCUT2D eigenvalue weighted by molar-refractivity contribution is -0.156. The number of hydrogen-bond donors (Lipinski definition) is 1. The molecule has 0 aromatic heterocycles. The van der Waals surface area contributed by atoms with Gasteiger partial charge in [-0.15, -0.1) is 0 Å². The molecule has 1 amide bonds. The second-order valence-electron chi connectivity index (χ2n) is 16.2. The van der Waals surface area contributed by atoms with Crippen molar-refractivity contribution in [3.05, 3.63) is 162 Å². The summed E-state index contributed by atoms with van der Waals surface area (Å²) in [7, 11) is 0. The minimum atomic E-state index is -0.866. The Hall–Kier alpha value is -7.87. The number of rotatable bonds is 26. The van der Waals surface area contributed by atoms with Crippen LogP contribution in [0.3, 0.4) is 0 Å². The number of nitrogens with one attached hydrogen (secondary N) is 1. The van der Waals surface area contributed by atoms with E-state index in [-0.39, 0.29) is 18.3 Å². The van der Waals surface area contributed by atoms with Crippen LogP contribution in [-0.4, -0.2) is 44.3 Å². The molecular formula is C57H56N4O6. The van der Waals surface area contributed by atoms with Crippen molar-refractivity contribution in [2.45, 2.75) is 76.7 Å². The average Bonchev–Trinajstić information content (AvgIpc) is 3.38. The van der Waals surface area contributed by atoms with E-state index >= 15 is 0 Å². The van der Waals surface area contributed by atoms with Crippen molar-refractivity contribution in [3.8, 4) is 68.8 Å². The van der Waals surface area contributed by atoms with E-state index in [0.29, 0.717) is 62.3 Å². The fourth-order valence-electron chi connectivity index (χ4n) is 7.36. The van der Waals surface area contributed by atoms with Crippen LogP contribution in [0.25, 0.3) is 33.4 Å². The smallest absolute Gasteiger partial charge is 0.306 e. The van der Waals surface area contributed by atoms with Gasteiger partial charge in [-0.25, -0.2) is 0 Å². The third-order valence-electron chi connectivity index (χ3n) is 11.2. The first-order chi connectivity index (χ1) is 32.9. The normalized spacial score (nSPS) is 11.0. The Labute approximate surface area is 394 Å². The van der Waals surface area contributed by atoms with Gasteiger partial charge in [0.2, 0.25) is 0 Å². The Morgan fingerprint density at radius 2 is 0.746 bits per heavy atom. The van der Waals surface area contributed by atoms with Gasteiger partial charge in [0.15, 0.2) is 6.10 Å². The number of benzene rings is 6. The first-order valence-electron chi connectivity index (χ1n) is 23.1. The van der Waals surface area contributed by atoms with Crippen LogP contribution in [0.15, 0.2) is 146 Å². The van der Waals surface area contributed by atoms with Gasteiger partial charge in [0.1, 0.15) is 17.2 Å². The Morgan fingerprint density at radius 3 is 1.10 bits per heavy atom. The maximum absolute atomic E-state index is 13.4. The van der Waals surface area contributed by atoms with Crippen molar-refractivity contribution in [1.29, 1.82) is 15.8 Å². The van der Waals surface area contributed by atoms with Crippen LogP contribution in [0.2, 0.25) is 0 Å². The molecule has 0 saturated carbocycles. The van der Waals surface area contributed by atoms with Gasteiger partial charge in [0.05, 0.1) is 54.7 Å². The molecule has 6 aromatic carbocycles. The lowest BCUT2D eigenvalue weighted by Gasteiger charge is -2.18. The SMILES string of the molecule is N#Cc1ccc(-c2ccc(OCCCCCNC(=O)C(CCCCCOc3ccc(-c4ccc(C#N)cc4)cc3)OC(=O)CCCCCOc3ccc(-c4ccc(C#N)cc4)cc3)cc2)cc1. The molecule has 1 atom stereocenters. The number of unbranched alkanes of at least 4 members (excludes halogenated alkanes) is 6. The highest BCUT2D eigenvalue weighted by Gasteiger charge is 2.22. The third kappa shape index (κ3) is 16.3. The lowest BCUT2D eigenvalue weighted by atomic mass is 10.0. The fraction of sp³-hybridized carbons (Fsp3) is 0.281. The molecular weight excluding hydrogens is 837 g/mol. The molecule has 67 heavy (non-hydrogen) atoms. The molecule has 0 aliphatic rings. The second kappa shape index (κ2) is 26.8. The van der Waals surface area contributed by atoms with E-state index in [1.54, 1.807) is 24.3 Å². The molecule has 0 saturated heterocycles. The summed E-state index contributed by atoms with van der Waals surface area (Å²) in [5.41, 5.74) is 8.10. The van der Waals surface area contributed by atoms with E-state index in [1.165, 1.54) is 0 Å². The fourth-order valence-corrected chi connectivity index (χ4v) is 7.36. The molecule has 1 unspecified atom stereocenters. The third-order valence-corrected chi connectivity index (χ3v) is 11.2. The predicted octanol–water partition coefficient (Wildman–Crippen LogP) is 12.2. The molecule has 10 nitrogen and oxygen atoms in total. The summed E-state index contributed by atoms with van der Waals surface area (Å²) < 4.78 is 23.7. The van der Waals surface area contributed by atoms with Gasteiger partial charge in [0.25, 0.3) is 5.91 Å². The van der Waals surface area contributed by atoms with Gasteiger partial charge >= 0.3 is 5.97 Å². The highest BCUT2D eigenvalue weighted by atomic mass is 16.5. The molecule has 10 heteroatoms. The van der Waals surface area contributed by atoms with E-state index in [2.05, 4.69) is 23.5 Å². The molecule has 0 bridgehead atoms. The number of amides is 1. The van der Waals surface area contributed by atoms with E-state index in [0.717, 1.165) is 95.6 Å². The zero-order valence-electron chi connectivity index (χ0n) is 37.8. The van der Waals surface area contributed by atoms with Crippen LogP contribution >= 0.6 is 0 Å². The highest BCUT2D eigenvalue weighted by molar-refractivity contribution is 5.83. The molecule has 0 aliphatic carbocycles. The first-order valence-corrected chi connectivity index (χ1v) is 23.1. The maximum atomic E-state index is 13.4. The minimum absolute atomic E-state index is 0.221. The van der Waals surface area contributed by atoms with Gasteiger partial charge in [-0.05, 0) is 170 Å². The predicted molar refractivity (Wildman–Crippen MR) is 260 cm³/mol. The van der Waals surface area contributed by atoms with Crippen molar-refractivity contribution in [2.24, 2.45) is 0 Å². The topological polar surface area (TPSA) is 154 Å². The van der Waals surface area contributed by atoms with Crippen molar-refractivity contribution in [2.75, 3.05) is 26.4 Å². The number of nitriles is 3. The number of ether oxygens (including phenoxy) is 4. The van der Waals surface area contributed by atoms with Gasteiger partial charge in [0, 0.05) is 13.0 Å². The van der Waals surface area contributed by atoms with Crippen LogP contribution in [0.4, 0.5) is 0 Å². The van der Waals surface area contributed by atoms with Gasteiger partial charge in [-0.3, -0.25) is 9.59 Å². The number of carbonyl (C=O) groups is 2. The van der Waals surface area contributed by atoms with Crippen LogP contribution in [0, 0.1) is 34.0 Å². The number of hydrogen-bond acceptors (Lipinski definition) is 9. The molecule has 340 valence electrons. The molecule has 0 radical (unpaired) electrons. The summed E-state index contributed by atoms with van der Waals surface area (Å²) in [6, 6.07) is 52.4. The average molecular weight is 893 g/mol. The monoisotopic (exact) mass is 892 g/mol. The molecule has 0 spiro atoms. The Balaban J connectivity index is 0.885. The highest BCUT2D eigenvalue weighted by Crippen LogP contribution is 2.26. The second-order valence-corrected chi connectivity index (χ2v) is 16.2. The zero-order valence-corrected chi connectivity index (χ0v) is 37.8. The molecule has 6 rings (SSSR count). The Morgan fingerprint density at radius 1 is 0.418 bits per heavy atom. The van der Waals surface area contributed by atoms with Crippen LogP contribution < -0.4 is 19.5 Å². The summed E-state index contributed by atoms with van der Waals surface area (Å²) >= 11 is 0. The van der Waals surface area contributed by atoms with E-state index in [4.69, 9.17) is 34.7 Å². The quantitative estimate of drug-likeness (QED) is 0.0414. The molecule has 6 aromatic rings. The standard InChI is InChI=1S/C57H56N4O6/c58-40-43-12-18-46(19-13-43)49-24-30-52(31-25-49)64-37-7-1-4-10-55(57(63)61-36-6-3-9-39-66-54-34-28-51(29-35-54)48-22-16-45(42-60)17-23-48)67-56(62)11-5-2-8-38-65-53-32-26-50(27-33-53)47-20-14-44(41-59)15-21-47/h12-35,55H,1-11,36-39H2,(H,61,63). The summed E-state index contributed by atoms with van der Waals surface area (Å²) in [6.07, 6.45) is 6.70. The minimum Gasteiger partial charge on any atom is -0.494 e. The van der Waals surface area contributed by atoms with Crippen LogP contribution in [-0.2, 0) is 14.3 Å². The number of nitrogens with zero attached hydrogens (tertiary/aromatic N) is 3. The summed E-state index contributed by atoms with van der Waals surface area (Å²) in [5.74, 6) is 1.67. The molecule has 0 aliphatic heterocycles. The van der Waals surface area contributed by atoms with Gasteiger partial charge < -0.3 is 24.3 Å². The maximum Gasteiger partial charge on any atom is 0.306 e. The molecule has 0 fully saturated rings. The molecule has 0 heterocycles. The summed E-state index contributed by atoms with van der Waals surface area (Å²) in [4.78, 5) is 26.4. The van der Waals surface area contributed by atoms with Crippen molar-refractivity contribution < 1.29 is 28.5 Å². The van der Waals surface area contributed by atoms with Crippen molar-refractivity contribution >= 4 is 11.9 Å². The van der Waals surface area contributed by atoms with E-state index in [1.807, 2.05) is 121 Å². The Kier molecular flexibility index (Phi) is 19.4. The summed E-state index contributed by atoms with van der Waals surface area (Å²) in [5, 5.41) is 30.2. The van der Waals surface area contributed by atoms with Crippen molar-refractivity contribution in [3.63, 3.8) is 0 Å².